The van der Waals surface area contributed by atoms with Crippen LogP contribution in [0, 0.1) is 0 Å². The summed E-state index contributed by atoms with van der Waals surface area (Å²) in [5.74, 6) is -0.570. The molecule has 5 nitrogen and oxygen atoms in total. The number of unbranched alkanes of at least 4 members (excludes halogenated alkanes) is 1. The number of rotatable bonds is 7. The van der Waals surface area contributed by atoms with Crippen LogP contribution in [0.5, 0.6) is 0 Å². The molecule has 0 spiro atoms. The summed E-state index contributed by atoms with van der Waals surface area (Å²) in [5.41, 5.74) is 6.41. The van der Waals surface area contributed by atoms with Gasteiger partial charge in [0, 0.05) is 13.0 Å². The maximum Gasteiger partial charge on any atom is 0.343 e. The molecule has 19 heavy (non-hydrogen) atoms. The normalized spacial score (nSPS) is 10.3. The van der Waals surface area contributed by atoms with Gasteiger partial charge >= 0.3 is 5.97 Å². The molecule has 0 aliphatic carbocycles. The molecule has 1 aromatic heterocycles. The van der Waals surface area contributed by atoms with Gasteiger partial charge in [0.05, 0.1) is 17.7 Å². The van der Waals surface area contributed by atoms with E-state index in [9.17, 15) is 9.59 Å². The lowest BCUT2D eigenvalue weighted by atomic mass is 10.2. The summed E-state index contributed by atoms with van der Waals surface area (Å²) in [4.78, 5) is 24.0. The van der Waals surface area contributed by atoms with Crippen molar-refractivity contribution in [2.75, 3.05) is 24.7 Å². The Balaban J connectivity index is 3.12. The third-order valence-electron chi connectivity index (χ3n) is 2.72. The molecule has 0 amide bonds. The predicted molar refractivity (Wildman–Crippen MR) is 78.1 cm³/mol. The highest BCUT2D eigenvalue weighted by Gasteiger charge is 2.25. The van der Waals surface area contributed by atoms with Crippen molar-refractivity contribution in [3.05, 3.63) is 10.4 Å². The number of hydrogen-bond acceptors (Lipinski definition) is 6. The van der Waals surface area contributed by atoms with Crippen LogP contribution in [0.3, 0.4) is 0 Å². The van der Waals surface area contributed by atoms with Crippen LogP contribution in [0.1, 0.15) is 53.1 Å². The number of esters is 1. The molecule has 6 heteroatoms. The van der Waals surface area contributed by atoms with Gasteiger partial charge in [-0.3, -0.25) is 4.79 Å². The number of thiophene rings is 1. The van der Waals surface area contributed by atoms with Gasteiger partial charge in [-0.05, 0) is 6.42 Å². The first-order valence-electron chi connectivity index (χ1n) is 6.34. The van der Waals surface area contributed by atoms with Gasteiger partial charge in [-0.25, -0.2) is 4.79 Å². The van der Waals surface area contributed by atoms with Crippen LogP contribution in [-0.4, -0.2) is 25.4 Å². The molecule has 0 saturated heterocycles. The number of methoxy groups -OCH3 is 1. The maximum absolute atomic E-state index is 11.8. The largest absolute Gasteiger partial charge is 0.465 e. The van der Waals surface area contributed by atoms with Crippen LogP contribution in [0.25, 0.3) is 0 Å². The van der Waals surface area contributed by atoms with Crippen molar-refractivity contribution in [3.8, 4) is 0 Å². The summed E-state index contributed by atoms with van der Waals surface area (Å²) in [6.07, 6.45) is 2.39. The van der Waals surface area contributed by atoms with E-state index < -0.39 is 5.97 Å². The van der Waals surface area contributed by atoms with Gasteiger partial charge in [-0.15, -0.1) is 11.3 Å². The Morgan fingerprint density at radius 1 is 1.37 bits per heavy atom. The Hall–Kier alpha value is -1.56. The zero-order valence-electron chi connectivity index (χ0n) is 11.5. The number of nitrogen functional groups attached to an aromatic ring is 1. The lowest BCUT2D eigenvalue weighted by Crippen LogP contribution is -2.09. The number of nitrogens with two attached hydrogens (primary N) is 1. The molecule has 0 saturated carbocycles. The van der Waals surface area contributed by atoms with Gasteiger partial charge < -0.3 is 15.8 Å². The lowest BCUT2D eigenvalue weighted by molar-refractivity contribution is 0.0603. The monoisotopic (exact) mass is 284 g/mol. The van der Waals surface area contributed by atoms with Gasteiger partial charge in [0.1, 0.15) is 10.6 Å². The smallest absolute Gasteiger partial charge is 0.343 e. The zero-order chi connectivity index (χ0) is 14.4. The van der Waals surface area contributed by atoms with Gasteiger partial charge in [0.2, 0.25) is 0 Å². The van der Waals surface area contributed by atoms with E-state index in [4.69, 9.17) is 10.5 Å². The zero-order valence-corrected chi connectivity index (χ0v) is 12.4. The first-order valence-corrected chi connectivity index (χ1v) is 7.16. The second kappa shape index (κ2) is 7.13. The van der Waals surface area contributed by atoms with E-state index in [1.54, 1.807) is 6.92 Å². The highest BCUT2D eigenvalue weighted by molar-refractivity contribution is 7.19. The van der Waals surface area contributed by atoms with Crippen LogP contribution < -0.4 is 11.1 Å². The van der Waals surface area contributed by atoms with Gasteiger partial charge in [-0.1, -0.05) is 20.3 Å². The fourth-order valence-electron chi connectivity index (χ4n) is 1.62. The number of nitrogens with one attached hydrogen (secondary N) is 1. The second-order valence-electron chi connectivity index (χ2n) is 4.10. The number of Topliss-reactive ketones (excluding diaryl/α,β-unsaturated/α-hetero) is 1. The summed E-state index contributed by atoms with van der Waals surface area (Å²) in [6, 6.07) is 0. The fraction of sp³-hybridized carbons (Fsp3) is 0.538. The van der Waals surface area contributed by atoms with Crippen molar-refractivity contribution < 1.29 is 14.3 Å². The number of carbonyl (C=O) groups excluding carboxylic acids is 2. The van der Waals surface area contributed by atoms with E-state index in [0.717, 1.165) is 19.4 Å². The minimum atomic E-state index is -0.511. The summed E-state index contributed by atoms with van der Waals surface area (Å²) in [6.45, 7) is 4.58. The number of anilines is 2. The van der Waals surface area contributed by atoms with Crippen LogP contribution in [0.4, 0.5) is 10.7 Å². The standard InChI is InChI=1S/C13H20N2O3S/c1-4-6-7-15-12-9(13(17)18-3)10(14)11(19-12)8(16)5-2/h15H,4-7,14H2,1-3H3. The van der Waals surface area contributed by atoms with Gasteiger partial charge in [-0.2, -0.15) is 0 Å². The molecular formula is C13H20N2O3S. The first kappa shape index (κ1) is 15.5. The van der Waals surface area contributed by atoms with E-state index in [-0.39, 0.29) is 17.0 Å². The molecule has 1 aromatic rings. The van der Waals surface area contributed by atoms with Gasteiger partial charge in [0.15, 0.2) is 5.78 Å². The number of hydrogen-bond donors (Lipinski definition) is 2. The van der Waals surface area contributed by atoms with Crippen molar-refractivity contribution >= 4 is 33.8 Å². The van der Waals surface area contributed by atoms with Gasteiger partial charge in [0.25, 0.3) is 0 Å². The Morgan fingerprint density at radius 3 is 2.58 bits per heavy atom. The number of ether oxygens (including phenoxy) is 1. The Bertz CT molecular complexity index is 469. The fourth-order valence-corrected chi connectivity index (χ4v) is 2.76. The van der Waals surface area contributed by atoms with E-state index in [0.29, 0.717) is 16.3 Å². The van der Waals surface area contributed by atoms with Crippen LogP contribution in [0.2, 0.25) is 0 Å². The molecule has 0 aliphatic heterocycles. The summed E-state index contributed by atoms with van der Waals surface area (Å²) >= 11 is 1.23. The van der Waals surface area contributed by atoms with E-state index >= 15 is 0 Å². The van der Waals surface area contributed by atoms with Crippen molar-refractivity contribution in [2.45, 2.75) is 33.1 Å². The molecule has 0 fully saturated rings. The molecule has 3 N–H and O–H groups in total. The Kier molecular flexibility index (Phi) is 5.82. The molecule has 0 radical (unpaired) electrons. The second-order valence-corrected chi connectivity index (χ2v) is 5.12. The molecule has 0 aliphatic rings. The molecule has 1 rings (SSSR count). The van der Waals surface area contributed by atoms with E-state index in [2.05, 4.69) is 12.2 Å². The number of carbonyl (C=O) groups is 2. The quantitative estimate of drug-likeness (QED) is 0.457. The number of ketones is 1. The molecule has 0 aromatic carbocycles. The third kappa shape index (κ3) is 3.47. The molecule has 0 bridgehead atoms. The predicted octanol–water partition coefficient (Wildman–Crippen LogP) is 2.92. The van der Waals surface area contributed by atoms with Crippen LogP contribution >= 0.6 is 11.3 Å². The van der Waals surface area contributed by atoms with E-state index in [1.165, 1.54) is 18.4 Å². The lowest BCUT2D eigenvalue weighted by Gasteiger charge is -2.05. The Labute approximate surface area is 117 Å². The highest BCUT2D eigenvalue weighted by atomic mass is 32.1. The van der Waals surface area contributed by atoms with Crippen LogP contribution in [0.15, 0.2) is 0 Å². The third-order valence-corrected chi connectivity index (χ3v) is 3.93. The topological polar surface area (TPSA) is 81.4 Å². The summed E-state index contributed by atoms with van der Waals surface area (Å²) in [5, 5.41) is 3.78. The van der Waals surface area contributed by atoms with Crippen LogP contribution in [-0.2, 0) is 4.74 Å². The van der Waals surface area contributed by atoms with E-state index in [1.807, 2.05) is 0 Å². The average Bonchev–Trinajstić information content (AvgIpc) is 2.74. The molecule has 0 unspecified atom stereocenters. The summed E-state index contributed by atoms with van der Waals surface area (Å²) < 4.78 is 4.73. The van der Waals surface area contributed by atoms with Crippen molar-refractivity contribution in [1.82, 2.24) is 0 Å². The minimum absolute atomic E-state index is 0.0591. The van der Waals surface area contributed by atoms with Crippen molar-refractivity contribution in [1.29, 1.82) is 0 Å². The van der Waals surface area contributed by atoms with Crippen molar-refractivity contribution in [3.63, 3.8) is 0 Å². The maximum atomic E-state index is 11.8. The SMILES string of the molecule is CCCCNc1sc(C(=O)CC)c(N)c1C(=O)OC. The minimum Gasteiger partial charge on any atom is -0.465 e. The highest BCUT2D eigenvalue weighted by Crippen LogP contribution is 2.37. The molecule has 0 atom stereocenters. The Morgan fingerprint density at radius 2 is 2.05 bits per heavy atom. The first-order chi connectivity index (χ1) is 9.06. The summed E-state index contributed by atoms with van der Waals surface area (Å²) in [7, 11) is 1.30. The molecule has 106 valence electrons. The van der Waals surface area contributed by atoms with Crippen molar-refractivity contribution in [2.24, 2.45) is 0 Å². The molecular weight excluding hydrogens is 264 g/mol. The average molecular weight is 284 g/mol. The molecule has 1 heterocycles.